The van der Waals surface area contributed by atoms with Gasteiger partial charge in [0.25, 0.3) is 0 Å². The molecule has 0 spiro atoms. The quantitative estimate of drug-likeness (QED) is 0.445. The van der Waals surface area contributed by atoms with E-state index in [-0.39, 0.29) is 24.6 Å². The predicted octanol–water partition coefficient (Wildman–Crippen LogP) is 2.81. The number of nitrogens with zero attached hydrogens (tertiary/aromatic N) is 3. The van der Waals surface area contributed by atoms with Gasteiger partial charge in [-0.1, -0.05) is 36.4 Å². The number of hydrogen-bond donors (Lipinski definition) is 0. The topological polar surface area (TPSA) is 93.9 Å². The van der Waals surface area contributed by atoms with Crippen LogP contribution in [0, 0.1) is 12.1 Å². The number of pyridine rings is 1. The Morgan fingerprint density at radius 3 is 2.59 bits per heavy atom. The molecule has 9 heteroatoms. The summed E-state index contributed by atoms with van der Waals surface area (Å²) in [6, 6.07) is 14.3. The zero-order valence-electron chi connectivity index (χ0n) is 17.8. The van der Waals surface area contributed by atoms with Gasteiger partial charge in [-0.15, -0.1) is 0 Å². The maximum atomic E-state index is 13.5. The molecule has 0 aliphatic carbocycles. The van der Waals surface area contributed by atoms with Crippen LogP contribution in [0.25, 0.3) is 10.8 Å². The number of rotatable bonds is 4. The van der Waals surface area contributed by atoms with E-state index in [1.54, 1.807) is 30.0 Å². The van der Waals surface area contributed by atoms with Gasteiger partial charge in [0.2, 0.25) is 10.0 Å². The van der Waals surface area contributed by atoms with Crippen molar-refractivity contribution in [2.24, 2.45) is 0 Å². The van der Waals surface area contributed by atoms with Crippen molar-refractivity contribution in [1.82, 2.24) is 9.21 Å². The summed E-state index contributed by atoms with van der Waals surface area (Å²) >= 11 is 0. The fourth-order valence-electron chi connectivity index (χ4n) is 3.99. The second kappa shape index (κ2) is 9.13. The average molecular weight is 456 g/mol. The van der Waals surface area contributed by atoms with E-state index in [1.165, 1.54) is 16.7 Å². The Kier molecular flexibility index (Phi) is 6.29. The van der Waals surface area contributed by atoms with Crippen LogP contribution in [0.4, 0.5) is 4.79 Å². The Morgan fingerprint density at radius 1 is 1.03 bits per heavy atom. The Morgan fingerprint density at radius 2 is 1.81 bits per heavy atom. The first-order valence-corrected chi connectivity index (χ1v) is 11.9. The lowest BCUT2D eigenvalue weighted by Crippen LogP contribution is -2.37. The maximum absolute atomic E-state index is 13.5. The molecule has 1 fully saturated rings. The van der Waals surface area contributed by atoms with Crippen molar-refractivity contribution >= 4 is 26.9 Å². The largest absolute Gasteiger partial charge is 0.619 e. The Balaban J connectivity index is 1.49. The molecule has 2 heterocycles. The van der Waals surface area contributed by atoms with E-state index in [1.807, 2.05) is 30.3 Å². The van der Waals surface area contributed by atoms with Gasteiger partial charge in [0.05, 0.1) is 4.90 Å². The van der Waals surface area contributed by atoms with Gasteiger partial charge in [0.15, 0.2) is 12.4 Å². The van der Waals surface area contributed by atoms with E-state index in [9.17, 15) is 18.4 Å². The number of ether oxygens (including phenoxy) is 1. The Hall–Kier alpha value is -3.17. The molecule has 3 aromatic rings. The molecule has 0 atom stereocenters. The minimum Gasteiger partial charge on any atom is -0.619 e. The van der Waals surface area contributed by atoms with Crippen LogP contribution in [0.2, 0.25) is 0 Å². The smallest absolute Gasteiger partial charge is 0.410 e. The third kappa shape index (κ3) is 4.53. The summed E-state index contributed by atoms with van der Waals surface area (Å²) < 4.78 is 34.5. The summed E-state index contributed by atoms with van der Waals surface area (Å²) in [4.78, 5) is 14.2. The normalized spacial score (nSPS) is 15.5. The van der Waals surface area contributed by atoms with Gasteiger partial charge < -0.3 is 14.8 Å². The van der Waals surface area contributed by atoms with Crippen molar-refractivity contribution < 1.29 is 22.7 Å². The number of hydrogen-bond acceptors (Lipinski definition) is 5. The number of amides is 1. The first kappa shape index (κ1) is 22.0. The summed E-state index contributed by atoms with van der Waals surface area (Å²) in [6.07, 6.45) is 2.79. The molecule has 1 saturated heterocycles. The molecule has 32 heavy (non-hydrogen) atoms. The second-order valence-electron chi connectivity index (χ2n) is 7.81. The van der Waals surface area contributed by atoms with Crippen LogP contribution in [-0.4, -0.2) is 49.9 Å². The molecule has 0 saturated carbocycles. The summed E-state index contributed by atoms with van der Waals surface area (Å²) in [6.45, 7) is 3.04. The molecule has 0 radical (unpaired) electrons. The number of carbonyl (C=O) groups excluding carboxylic acids is 1. The van der Waals surface area contributed by atoms with E-state index in [2.05, 4.69) is 0 Å². The molecule has 2 aromatic carbocycles. The van der Waals surface area contributed by atoms with E-state index in [0.717, 1.165) is 5.56 Å². The third-order valence-electron chi connectivity index (χ3n) is 5.58. The maximum Gasteiger partial charge on any atom is 0.410 e. The fraction of sp³-hybridized carbons (Fsp3) is 0.304. The van der Waals surface area contributed by atoms with Gasteiger partial charge in [-0.05, 0) is 31.0 Å². The molecule has 1 aliphatic heterocycles. The highest BCUT2D eigenvalue weighted by Crippen LogP contribution is 2.28. The lowest BCUT2D eigenvalue weighted by Gasteiger charge is -2.22. The van der Waals surface area contributed by atoms with Crippen LogP contribution in [-0.2, 0) is 21.4 Å². The average Bonchev–Trinajstić information content (AvgIpc) is 3.04. The van der Waals surface area contributed by atoms with E-state index in [4.69, 9.17) is 4.74 Å². The van der Waals surface area contributed by atoms with E-state index in [0.29, 0.717) is 40.6 Å². The van der Waals surface area contributed by atoms with Gasteiger partial charge in [-0.3, -0.25) is 0 Å². The number of sulfonamides is 1. The van der Waals surface area contributed by atoms with Gasteiger partial charge in [-0.2, -0.15) is 9.04 Å². The van der Waals surface area contributed by atoms with Crippen LogP contribution in [0.1, 0.15) is 17.5 Å². The van der Waals surface area contributed by atoms with Crippen molar-refractivity contribution in [1.29, 1.82) is 0 Å². The van der Waals surface area contributed by atoms with E-state index < -0.39 is 16.1 Å². The molecule has 0 N–H and O–H groups in total. The molecule has 8 nitrogen and oxygen atoms in total. The molecular formula is C23H25N3O5S. The predicted molar refractivity (Wildman–Crippen MR) is 119 cm³/mol. The summed E-state index contributed by atoms with van der Waals surface area (Å²) in [5, 5.41) is 12.9. The zero-order chi connectivity index (χ0) is 22.7. The molecular weight excluding hydrogens is 430 g/mol. The van der Waals surface area contributed by atoms with Crippen molar-refractivity contribution in [3.63, 3.8) is 0 Å². The zero-order valence-corrected chi connectivity index (χ0v) is 18.6. The summed E-state index contributed by atoms with van der Waals surface area (Å²) in [5.41, 5.74) is 1.49. The van der Waals surface area contributed by atoms with Gasteiger partial charge in [0, 0.05) is 42.5 Å². The Bertz CT molecular complexity index is 1230. The minimum atomic E-state index is -3.81. The molecule has 1 aromatic heterocycles. The molecule has 1 amide bonds. The number of carbonyl (C=O) groups is 1. The highest BCUT2D eigenvalue weighted by atomic mass is 32.2. The lowest BCUT2D eigenvalue weighted by atomic mass is 10.1. The summed E-state index contributed by atoms with van der Waals surface area (Å²) in [7, 11) is -3.81. The number of fused-ring (bicyclic) bond motifs is 1. The van der Waals surface area contributed by atoms with Gasteiger partial charge >= 0.3 is 6.09 Å². The van der Waals surface area contributed by atoms with Crippen molar-refractivity contribution in [2.45, 2.75) is 24.8 Å². The van der Waals surface area contributed by atoms with Crippen LogP contribution >= 0.6 is 0 Å². The minimum absolute atomic E-state index is 0.173. The van der Waals surface area contributed by atoms with Crippen LogP contribution < -0.4 is 4.73 Å². The van der Waals surface area contributed by atoms with Crippen molar-refractivity contribution in [3.8, 4) is 0 Å². The molecule has 0 unspecified atom stereocenters. The number of aromatic nitrogens is 1. The molecule has 168 valence electrons. The van der Waals surface area contributed by atoms with Crippen LogP contribution in [0.5, 0.6) is 0 Å². The number of aryl methyl sites for hydroxylation is 1. The summed E-state index contributed by atoms with van der Waals surface area (Å²) in [5.74, 6) is 0. The standard InChI is InChI=1S/C23H25N3O5S/c1-18-15-25(28)16-20-9-5-10-21(22(18)20)32(29,30)26-12-6-11-24(13-14-26)23(27)31-17-19-7-3-2-4-8-19/h2-5,7-10,15-16H,6,11-14,17H2,1H3. The van der Waals surface area contributed by atoms with E-state index >= 15 is 0 Å². The Labute approximate surface area is 187 Å². The van der Waals surface area contributed by atoms with Crippen LogP contribution in [0.15, 0.2) is 65.8 Å². The number of benzene rings is 2. The first-order chi connectivity index (χ1) is 15.4. The SMILES string of the molecule is Cc1c[n+]([O-])cc2cccc(S(=O)(=O)N3CCCN(C(=O)OCc4ccccc4)CC3)c12. The molecule has 0 bridgehead atoms. The third-order valence-corrected chi connectivity index (χ3v) is 7.52. The van der Waals surface area contributed by atoms with Crippen molar-refractivity contribution in [3.05, 3.63) is 77.3 Å². The highest BCUT2D eigenvalue weighted by molar-refractivity contribution is 7.89. The molecule has 1 aliphatic rings. The lowest BCUT2D eigenvalue weighted by molar-refractivity contribution is -0.604. The second-order valence-corrected chi connectivity index (χ2v) is 9.71. The van der Waals surface area contributed by atoms with Crippen LogP contribution in [0.3, 0.4) is 0 Å². The first-order valence-electron chi connectivity index (χ1n) is 10.4. The highest BCUT2D eigenvalue weighted by Gasteiger charge is 2.30. The fourth-order valence-corrected chi connectivity index (χ4v) is 5.75. The monoisotopic (exact) mass is 455 g/mol. The van der Waals surface area contributed by atoms with Gasteiger partial charge in [-0.25, -0.2) is 13.2 Å². The van der Waals surface area contributed by atoms with Gasteiger partial charge in [0.1, 0.15) is 6.61 Å². The molecule has 4 rings (SSSR count). The van der Waals surface area contributed by atoms with Crippen molar-refractivity contribution in [2.75, 3.05) is 26.2 Å².